The van der Waals surface area contributed by atoms with E-state index in [-0.39, 0.29) is 5.41 Å². The zero-order valence-electron chi connectivity index (χ0n) is 25.5. The van der Waals surface area contributed by atoms with Crippen LogP contribution in [0.1, 0.15) is 36.5 Å². The summed E-state index contributed by atoms with van der Waals surface area (Å²) in [5.74, 6) is 0.605. The van der Waals surface area contributed by atoms with Gasteiger partial charge in [0.2, 0.25) is 0 Å². The van der Waals surface area contributed by atoms with Gasteiger partial charge in [-0.25, -0.2) is 0 Å². The smallest absolute Gasteiger partial charge is 0.283 e. The normalized spacial score (nSPS) is 22.6. The third-order valence-electron chi connectivity index (χ3n) is 9.50. The van der Waals surface area contributed by atoms with Gasteiger partial charge in [-0.15, -0.1) is 0 Å². The maximum absolute atomic E-state index is 12.9. The fourth-order valence-electron chi connectivity index (χ4n) is 7.03. The summed E-state index contributed by atoms with van der Waals surface area (Å²) >= 11 is 0. The Balaban J connectivity index is 1.13. The molecule has 6 heteroatoms. The summed E-state index contributed by atoms with van der Waals surface area (Å²) < 4.78 is 29.7. The van der Waals surface area contributed by atoms with Crippen LogP contribution >= 0.6 is 0 Å². The molecule has 1 unspecified atom stereocenters. The Labute approximate surface area is 262 Å². The average Bonchev–Trinajstić information content (AvgIpc) is 3.10. The van der Waals surface area contributed by atoms with Gasteiger partial charge >= 0.3 is 0 Å². The van der Waals surface area contributed by atoms with E-state index < -0.39 is 11.6 Å². The molecule has 1 atom stereocenters. The molecule has 9 rings (SSSR count). The molecule has 3 fully saturated rings. The Bertz CT molecular complexity index is 1960. The molecular formula is C39H36O6. The van der Waals surface area contributed by atoms with Crippen LogP contribution in [0.2, 0.25) is 0 Å². The number of hydrogen-bond acceptors (Lipinski definition) is 6. The predicted molar refractivity (Wildman–Crippen MR) is 175 cm³/mol. The highest BCUT2D eigenvalue weighted by molar-refractivity contribution is 6.25. The van der Waals surface area contributed by atoms with Crippen molar-refractivity contribution in [3.8, 4) is 11.5 Å². The largest absolute Gasteiger partial charge is 0.496 e. The lowest BCUT2D eigenvalue weighted by Gasteiger charge is -2.50. The Morgan fingerprint density at radius 1 is 0.733 bits per heavy atom. The lowest BCUT2D eigenvalue weighted by Crippen LogP contribution is -2.58. The highest BCUT2D eigenvalue weighted by atomic mass is 16.9. The fourth-order valence-corrected chi connectivity index (χ4v) is 7.03. The standard InChI is InChI=1S/C39H36O6/c1-37-23-43-38(44-24-37,45-25-37)20-7-21-42-30-15-13-29(14-16-30)39(40,28-10-4-3-5-11-28)33-19-18-32-34(41-2)22-27-9-6-8-26-12-17-31(33)36(32)35(26)27/h3-6,8-19,22,40H,7,20-21,23-25H2,1-2H3. The van der Waals surface area contributed by atoms with Crippen molar-refractivity contribution in [1.29, 1.82) is 0 Å². The molecule has 2 bridgehead atoms. The Morgan fingerprint density at radius 3 is 2.16 bits per heavy atom. The molecule has 0 spiro atoms. The van der Waals surface area contributed by atoms with Crippen molar-refractivity contribution in [2.24, 2.45) is 5.41 Å². The molecule has 0 amide bonds. The van der Waals surface area contributed by atoms with E-state index in [9.17, 15) is 5.11 Å². The summed E-state index contributed by atoms with van der Waals surface area (Å²) in [5, 5.41) is 19.4. The highest BCUT2D eigenvalue weighted by Crippen LogP contribution is 2.46. The molecule has 3 saturated heterocycles. The molecule has 6 nitrogen and oxygen atoms in total. The lowest BCUT2D eigenvalue weighted by atomic mass is 9.77. The number of rotatable bonds is 9. The van der Waals surface area contributed by atoms with E-state index in [0.29, 0.717) is 32.8 Å². The monoisotopic (exact) mass is 600 g/mol. The van der Waals surface area contributed by atoms with Gasteiger partial charge in [0.1, 0.15) is 17.1 Å². The zero-order valence-corrected chi connectivity index (χ0v) is 25.5. The van der Waals surface area contributed by atoms with E-state index >= 15 is 0 Å². The van der Waals surface area contributed by atoms with Crippen LogP contribution in [0.3, 0.4) is 0 Å². The number of aliphatic hydroxyl groups is 1. The van der Waals surface area contributed by atoms with Crippen LogP contribution in [0.15, 0.2) is 103 Å². The van der Waals surface area contributed by atoms with Crippen molar-refractivity contribution in [3.05, 3.63) is 120 Å². The van der Waals surface area contributed by atoms with Gasteiger partial charge in [0.25, 0.3) is 5.97 Å². The van der Waals surface area contributed by atoms with Gasteiger partial charge in [0.05, 0.1) is 33.5 Å². The number of ether oxygens (including phenoxy) is 5. The second kappa shape index (κ2) is 10.7. The molecular weight excluding hydrogens is 564 g/mol. The molecule has 6 aromatic carbocycles. The minimum Gasteiger partial charge on any atom is -0.496 e. The average molecular weight is 601 g/mol. The van der Waals surface area contributed by atoms with Gasteiger partial charge in [-0.1, -0.05) is 91.9 Å². The minimum absolute atomic E-state index is 0.0495. The molecule has 0 radical (unpaired) electrons. The maximum Gasteiger partial charge on any atom is 0.283 e. The van der Waals surface area contributed by atoms with Crippen molar-refractivity contribution < 1.29 is 28.8 Å². The summed E-state index contributed by atoms with van der Waals surface area (Å²) in [6.45, 7) is 4.56. The SMILES string of the molecule is COc1cc2cccc3ccc4c(C(O)(c5ccccc5)c5ccc(OCCCC67OCC(C)(CO6)CO7)cc5)ccc1c4c32. The lowest BCUT2D eigenvalue weighted by molar-refractivity contribution is -0.467. The first-order chi connectivity index (χ1) is 21.9. The second-order valence-corrected chi connectivity index (χ2v) is 12.7. The van der Waals surface area contributed by atoms with Crippen molar-refractivity contribution in [3.63, 3.8) is 0 Å². The first-order valence-corrected chi connectivity index (χ1v) is 15.6. The topological polar surface area (TPSA) is 66.4 Å². The van der Waals surface area contributed by atoms with E-state index in [1.165, 1.54) is 5.39 Å². The fraction of sp³-hybridized carbons (Fsp3) is 0.282. The molecule has 228 valence electrons. The summed E-state index contributed by atoms with van der Waals surface area (Å²) in [6, 6.07) is 34.4. The highest BCUT2D eigenvalue weighted by Gasteiger charge is 2.49. The number of hydrogen-bond donors (Lipinski definition) is 1. The second-order valence-electron chi connectivity index (χ2n) is 12.7. The molecule has 3 aliphatic rings. The van der Waals surface area contributed by atoms with Crippen molar-refractivity contribution in [2.45, 2.75) is 31.3 Å². The molecule has 0 aliphatic carbocycles. The summed E-state index contributed by atoms with van der Waals surface area (Å²) in [4.78, 5) is 0. The maximum atomic E-state index is 12.9. The summed E-state index contributed by atoms with van der Waals surface area (Å²) in [6.07, 6.45) is 1.33. The summed E-state index contributed by atoms with van der Waals surface area (Å²) in [7, 11) is 1.71. The van der Waals surface area contributed by atoms with Crippen LogP contribution < -0.4 is 9.47 Å². The molecule has 45 heavy (non-hydrogen) atoms. The van der Waals surface area contributed by atoms with Crippen LogP contribution in [-0.2, 0) is 19.8 Å². The number of benzene rings is 6. The first-order valence-electron chi connectivity index (χ1n) is 15.6. The first kappa shape index (κ1) is 28.3. The van der Waals surface area contributed by atoms with Crippen LogP contribution in [0.4, 0.5) is 0 Å². The van der Waals surface area contributed by atoms with E-state index in [2.05, 4.69) is 49.4 Å². The van der Waals surface area contributed by atoms with Gasteiger partial charge in [-0.2, -0.15) is 0 Å². The molecule has 3 heterocycles. The molecule has 3 aliphatic heterocycles. The van der Waals surface area contributed by atoms with E-state index in [1.54, 1.807) is 7.11 Å². The van der Waals surface area contributed by atoms with Crippen LogP contribution in [-0.4, -0.2) is 44.6 Å². The van der Waals surface area contributed by atoms with E-state index in [4.69, 9.17) is 23.7 Å². The third-order valence-corrected chi connectivity index (χ3v) is 9.50. The van der Waals surface area contributed by atoms with Gasteiger partial charge in [-0.3, -0.25) is 0 Å². The van der Waals surface area contributed by atoms with E-state index in [0.717, 1.165) is 61.5 Å². The van der Waals surface area contributed by atoms with Gasteiger partial charge in [0, 0.05) is 28.2 Å². The van der Waals surface area contributed by atoms with Gasteiger partial charge < -0.3 is 28.8 Å². The molecule has 6 aromatic rings. The Hall–Kier alpha value is -4.20. The third kappa shape index (κ3) is 4.63. The van der Waals surface area contributed by atoms with Gasteiger partial charge in [-0.05, 0) is 57.3 Å². The predicted octanol–water partition coefficient (Wildman–Crippen LogP) is 7.77. The van der Waals surface area contributed by atoms with Crippen LogP contribution in [0, 0.1) is 5.41 Å². The quantitative estimate of drug-likeness (QED) is 0.104. The number of fused-ring (bicyclic) bond motifs is 3. The molecule has 1 N–H and O–H groups in total. The number of methoxy groups -OCH3 is 1. The van der Waals surface area contributed by atoms with Crippen LogP contribution in [0.5, 0.6) is 11.5 Å². The van der Waals surface area contributed by atoms with Gasteiger partial charge in [0.15, 0.2) is 0 Å². The van der Waals surface area contributed by atoms with Crippen molar-refractivity contribution in [2.75, 3.05) is 33.5 Å². The van der Waals surface area contributed by atoms with E-state index in [1.807, 2.05) is 60.7 Å². The molecule has 0 aromatic heterocycles. The minimum atomic E-state index is -1.42. The summed E-state index contributed by atoms with van der Waals surface area (Å²) in [5.41, 5.74) is 0.884. The molecule has 0 saturated carbocycles. The van der Waals surface area contributed by atoms with Crippen molar-refractivity contribution in [1.82, 2.24) is 0 Å². The zero-order chi connectivity index (χ0) is 30.6. The van der Waals surface area contributed by atoms with Crippen LogP contribution in [0.25, 0.3) is 32.3 Å². The van der Waals surface area contributed by atoms with Crippen molar-refractivity contribution >= 4 is 32.3 Å². The Morgan fingerprint density at radius 2 is 1.42 bits per heavy atom. The Kier molecular flexibility index (Phi) is 6.73.